The van der Waals surface area contributed by atoms with Crippen LogP contribution in [0.3, 0.4) is 0 Å². The molecule has 13 heteroatoms. The average molecular weight is 825 g/mol. The summed E-state index contributed by atoms with van der Waals surface area (Å²) in [6.45, 7) is 0. The van der Waals surface area contributed by atoms with Gasteiger partial charge in [-0.25, -0.2) is 0 Å². The van der Waals surface area contributed by atoms with Crippen molar-refractivity contribution >= 4 is 10.1 Å². The van der Waals surface area contributed by atoms with E-state index in [2.05, 4.69) is 42.5 Å². The van der Waals surface area contributed by atoms with Crippen molar-refractivity contribution in [2.24, 2.45) is 47.3 Å². The summed E-state index contributed by atoms with van der Waals surface area (Å²) in [7, 11) is -4.16. The summed E-state index contributed by atoms with van der Waals surface area (Å²) in [6.07, 6.45) is 18.9. The zero-order valence-corrected chi connectivity index (χ0v) is 29.6. The Balaban J connectivity index is 0.00000300. The number of nitrogens with one attached hydrogen (secondary N) is 8. The fraction of sp³-hybridized carbons (Fsp3) is 1.00. The molecular weight excluding hydrogens is 769 g/mol. The van der Waals surface area contributed by atoms with Crippen molar-refractivity contribution in [2.45, 2.75) is 151 Å². The van der Waals surface area contributed by atoms with Crippen LogP contribution in [-0.2, 0) is 30.2 Å². The Labute approximate surface area is 283 Å². The number of hydrogen-bond donors (Lipinski definition) is 9. The van der Waals surface area contributed by atoms with E-state index in [4.69, 9.17) is 0 Å². The van der Waals surface area contributed by atoms with Crippen molar-refractivity contribution in [2.75, 3.05) is 0 Å². The maximum atomic E-state index is 12.8. The molecule has 17 unspecified atom stereocenters. The van der Waals surface area contributed by atoms with E-state index in [1.165, 1.54) is 77.0 Å². The number of hydrogen-bond acceptors (Lipinski definition) is 10. The third-order valence-corrected chi connectivity index (χ3v) is 15.5. The van der Waals surface area contributed by atoms with Crippen molar-refractivity contribution in [1.82, 2.24) is 42.5 Å². The Hall–Kier alpha value is 0.239. The molecule has 1 radical (unpaired) electrons. The Morgan fingerprint density at radius 3 is 0.956 bits per heavy atom. The summed E-state index contributed by atoms with van der Waals surface area (Å²) < 4.78 is 36.1. The first-order valence-corrected chi connectivity index (χ1v) is 20.0. The number of rotatable bonds is 1. The van der Waals surface area contributed by atoms with Crippen LogP contribution >= 0.6 is 0 Å². The first kappa shape index (κ1) is 32.4. The minimum Gasteiger partial charge on any atom is -0.286 e. The zero-order chi connectivity index (χ0) is 29.6. The molecule has 5 heterocycles. The van der Waals surface area contributed by atoms with Gasteiger partial charge in [-0.15, -0.1) is 0 Å². The molecule has 4 saturated carbocycles. The van der Waals surface area contributed by atoms with Gasteiger partial charge in [0, 0.05) is 26.0 Å². The SMILES string of the molecule is O=S(=O)(O)C1CCCC2C3NC4NC(NC5NC(NC6NC(NC(N3)C21)C1CCCCC61)C1CCCCC51)C1CCCCC41.[Ir]. The molecule has 9 fully saturated rings. The molecule has 9 N–H and O–H groups in total. The van der Waals surface area contributed by atoms with E-state index >= 15 is 0 Å². The number of fused-ring (bicyclic) bond motifs is 20. The molecule has 17 atom stereocenters. The molecule has 45 heavy (non-hydrogen) atoms. The quantitative estimate of drug-likeness (QED) is 0.177. The van der Waals surface area contributed by atoms with E-state index in [0.717, 1.165) is 12.8 Å². The molecule has 9 aliphatic rings. The van der Waals surface area contributed by atoms with Crippen LogP contribution in [0, 0.1) is 47.3 Å². The Bertz CT molecular complexity index is 1180. The second-order valence-corrected chi connectivity index (χ2v) is 17.9. The van der Waals surface area contributed by atoms with E-state index in [-0.39, 0.29) is 68.9 Å². The van der Waals surface area contributed by atoms with Gasteiger partial charge in [-0.3, -0.25) is 47.1 Å². The van der Waals surface area contributed by atoms with Crippen molar-refractivity contribution in [3.8, 4) is 0 Å². The standard InChI is InChI=1S/C32H56N8O3S.Ir/c41-44(42,43)23-15-7-14-22-24(23)32-39-30-21-13-6-5-12-20(21)28(37-30)35-26-17-9-2-1-8-16(17)25(33-26)34-27-18-10-3-4-11-19(18)29(36-27)38-31(22)40-32;/h16-40H,1-15H2,(H,41,42,43);. The fourth-order valence-corrected chi connectivity index (χ4v) is 13.6. The van der Waals surface area contributed by atoms with Gasteiger partial charge in [-0.1, -0.05) is 44.9 Å². The molecular formula is C32H56IrN8O3S. The monoisotopic (exact) mass is 825 g/mol. The van der Waals surface area contributed by atoms with Crippen molar-refractivity contribution in [1.29, 1.82) is 0 Å². The van der Waals surface area contributed by atoms with Crippen molar-refractivity contribution in [3.63, 3.8) is 0 Å². The van der Waals surface area contributed by atoms with E-state index in [1.807, 2.05) is 0 Å². The van der Waals surface area contributed by atoms with Gasteiger partial charge in [0.25, 0.3) is 10.1 Å². The summed E-state index contributed by atoms with van der Waals surface area (Å²) in [6, 6.07) is 0. The minimum absolute atomic E-state index is 0. The average Bonchev–Trinajstić information content (AvgIpc) is 3.76. The maximum absolute atomic E-state index is 12.8. The molecule has 5 aliphatic heterocycles. The summed E-state index contributed by atoms with van der Waals surface area (Å²) in [5.41, 5.74) is 0. The molecule has 0 spiro atoms. The molecule has 257 valence electrons. The van der Waals surface area contributed by atoms with Crippen LogP contribution in [0.4, 0.5) is 0 Å². The normalized spacial score (nSPS) is 54.3. The van der Waals surface area contributed by atoms with Crippen LogP contribution in [0.2, 0.25) is 0 Å². The molecule has 4 aliphatic carbocycles. The second kappa shape index (κ2) is 12.8. The Morgan fingerprint density at radius 1 is 0.378 bits per heavy atom. The first-order chi connectivity index (χ1) is 21.4. The van der Waals surface area contributed by atoms with Crippen LogP contribution in [0.5, 0.6) is 0 Å². The van der Waals surface area contributed by atoms with Gasteiger partial charge >= 0.3 is 0 Å². The molecule has 0 amide bonds. The van der Waals surface area contributed by atoms with E-state index in [0.29, 0.717) is 54.3 Å². The Kier molecular flexibility index (Phi) is 9.26. The van der Waals surface area contributed by atoms with Crippen LogP contribution in [0.25, 0.3) is 0 Å². The van der Waals surface area contributed by atoms with Crippen LogP contribution in [0.15, 0.2) is 0 Å². The van der Waals surface area contributed by atoms with Crippen LogP contribution in [-0.4, -0.2) is 67.5 Å². The molecule has 8 bridgehead atoms. The summed E-state index contributed by atoms with van der Waals surface area (Å²) in [5.74, 6) is 3.50. The van der Waals surface area contributed by atoms with Gasteiger partial charge in [0.05, 0.1) is 54.6 Å². The smallest absolute Gasteiger partial charge is 0.268 e. The first-order valence-electron chi connectivity index (χ1n) is 18.5. The second-order valence-electron chi connectivity index (χ2n) is 16.2. The fourth-order valence-electron chi connectivity index (χ4n) is 12.3. The predicted molar refractivity (Wildman–Crippen MR) is 168 cm³/mol. The van der Waals surface area contributed by atoms with E-state index in [1.54, 1.807) is 0 Å². The van der Waals surface area contributed by atoms with E-state index < -0.39 is 15.4 Å². The third kappa shape index (κ3) is 5.74. The molecule has 11 nitrogen and oxygen atoms in total. The van der Waals surface area contributed by atoms with Crippen molar-refractivity contribution in [3.05, 3.63) is 0 Å². The predicted octanol–water partition coefficient (Wildman–Crippen LogP) is 1.47. The molecule has 5 saturated heterocycles. The third-order valence-electron chi connectivity index (χ3n) is 14.2. The molecule has 0 aromatic rings. The van der Waals surface area contributed by atoms with E-state index in [9.17, 15) is 13.0 Å². The topological polar surface area (TPSA) is 151 Å². The van der Waals surface area contributed by atoms with Crippen LogP contribution < -0.4 is 42.5 Å². The largest absolute Gasteiger partial charge is 0.286 e. The minimum atomic E-state index is -4.16. The zero-order valence-electron chi connectivity index (χ0n) is 26.4. The van der Waals surface area contributed by atoms with Gasteiger partial charge < -0.3 is 0 Å². The Morgan fingerprint density at radius 2 is 0.644 bits per heavy atom. The molecule has 0 aromatic heterocycles. The summed E-state index contributed by atoms with van der Waals surface area (Å²) in [4.78, 5) is 0. The summed E-state index contributed by atoms with van der Waals surface area (Å²) >= 11 is 0. The van der Waals surface area contributed by atoms with Crippen molar-refractivity contribution < 1.29 is 33.1 Å². The molecule has 0 aromatic carbocycles. The van der Waals surface area contributed by atoms with Gasteiger partial charge in [0.2, 0.25) is 0 Å². The molecule has 9 rings (SSSR count). The van der Waals surface area contributed by atoms with Gasteiger partial charge in [-0.2, -0.15) is 8.42 Å². The van der Waals surface area contributed by atoms with Gasteiger partial charge in [-0.05, 0) is 92.8 Å². The van der Waals surface area contributed by atoms with Crippen LogP contribution in [0.1, 0.15) is 96.3 Å². The summed E-state index contributed by atoms with van der Waals surface area (Å²) in [5, 5.41) is 31.8. The van der Waals surface area contributed by atoms with Gasteiger partial charge in [0.1, 0.15) is 0 Å². The van der Waals surface area contributed by atoms with Gasteiger partial charge in [0.15, 0.2) is 0 Å². The maximum Gasteiger partial charge on any atom is 0.268 e.